The van der Waals surface area contributed by atoms with E-state index < -0.39 is 11.7 Å². The maximum Gasteiger partial charge on any atom is 0.407 e. The van der Waals surface area contributed by atoms with Crippen LogP contribution in [0.5, 0.6) is 0 Å². The number of carbonyl (C=O) groups is 1. The van der Waals surface area contributed by atoms with E-state index in [9.17, 15) is 4.79 Å². The van der Waals surface area contributed by atoms with Gasteiger partial charge in [0, 0.05) is 37.6 Å². The molecule has 0 saturated heterocycles. The molecule has 7 heteroatoms. The van der Waals surface area contributed by atoms with Crippen LogP contribution in [0.1, 0.15) is 20.8 Å². The number of hydrogen-bond donors (Lipinski definition) is 1. The highest BCUT2D eigenvalue weighted by Crippen LogP contribution is 2.06. The first-order valence-electron chi connectivity index (χ1n) is 6.20. The van der Waals surface area contributed by atoms with Gasteiger partial charge in [-0.05, 0) is 26.3 Å². The fourth-order valence-electron chi connectivity index (χ4n) is 1.34. The van der Waals surface area contributed by atoms with E-state index in [1.165, 1.54) is 0 Å². The van der Waals surface area contributed by atoms with Crippen LogP contribution in [-0.2, 0) is 4.74 Å². The second-order valence-electron chi connectivity index (χ2n) is 4.97. The number of nitrogens with one attached hydrogen (secondary N) is 1. The lowest BCUT2D eigenvalue weighted by Crippen LogP contribution is -2.38. The zero-order chi connectivity index (χ0) is 14.7. The maximum atomic E-state index is 11.4. The first-order valence-corrected chi connectivity index (χ1v) is 6.20. The number of hydrogen-bond acceptors (Lipinski definition) is 4. The predicted octanol–water partition coefficient (Wildman–Crippen LogP) is 2.31. The summed E-state index contributed by atoms with van der Waals surface area (Å²) in [6, 6.07) is 0. The van der Waals surface area contributed by atoms with Crippen molar-refractivity contribution in [3.05, 3.63) is 23.1 Å². The lowest BCUT2D eigenvalue weighted by Gasteiger charge is -2.22. The summed E-state index contributed by atoms with van der Waals surface area (Å²) >= 11 is 0. The van der Waals surface area contributed by atoms with Crippen LogP contribution in [-0.4, -0.2) is 49.3 Å². The van der Waals surface area contributed by atoms with Crippen LogP contribution in [0.15, 0.2) is 17.8 Å². The van der Waals surface area contributed by atoms with Crippen LogP contribution in [0, 0.1) is 0 Å². The molecule has 0 saturated carbocycles. The molecule has 0 aromatic rings. The summed E-state index contributed by atoms with van der Waals surface area (Å²) in [6.45, 7) is 11.9. The van der Waals surface area contributed by atoms with E-state index in [1.54, 1.807) is 6.08 Å². The van der Waals surface area contributed by atoms with Gasteiger partial charge < -0.3 is 10.1 Å². The third kappa shape index (κ3) is 11.1. The van der Waals surface area contributed by atoms with Gasteiger partial charge in [0.2, 0.25) is 0 Å². The summed E-state index contributed by atoms with van der Waals surface area (Å²) < 4.78 is 5.12. The van der Waals surface area contributed by atoms with Gasteiger partial charge in [-0.15, -0.1) is 6.58 Å². The van der Waals surface area contributed by atoms with Crippen molar-refractivity contribution in [3.63, 3.8) is 0 Å². The van der Waals surface area contributed by atoms with Crippen LogP contribution < -0.4 is 5.32 Å². The molecule has 0 radical (unpaired) electrons. The SMILES string of the molecule is C=CCN(CCN=[N+]=[N-])CCNC(=O)OC(C)(C)C. The first-order chi connectivity index (χ1) is 8.89. The van der Waals surface area contributed by atoms with Gasteiger partial charge in [0.05, 0.1) is 0 Å². The summed E-state index contributed by atoms with van der Waals surface area (Å²) in [5.41, 5.74) is 7.72. The van der Waals surface area contributed by atoms with Crippen molar-refractivity contribution >= 4 is 6.09 Å². The number of rotatable bonds is 8. The quantitative estimate of drug-likeness (QED) is 0.317. The summed E-state index contributed by atoms with van der Waals surface area (Å²) in [4.78, 5) is 16.1. The fourth-order valence-corrected chi connectivity index (χ4v) is 1.34. The van der Waals surface area contributed by atoms with Crippen molar-refractivity contribution < 1.29 is 9.53 Å². The third-order valence-electron chi connectivity index (χ3n) is 2.06. The average molecular weight is 269 g/mol. The minimum Gasteiger partial charge on any atom is -0.444 e. The van der Waals surface area contributed by atoms with Crippen molar-refractivity contribution in [2.75, 3.05) is 32.7 Å². The van der Waals surface area contributed by atoms with E-state index in [0.717, 1.165) is 0 Å². The van der Waals surface area contributed by atoms with Crippen molar-refractivity contribution in [1.82, 2.24) is 10.2 Å². The molecule has 0 unspecified atom stereocenters. The Bertz CT molecular complexity index is 332. The predicted molar refractivity (Wildman–Crippen MR) is 74.9 cm³/mol. The normalized spacial score (nSPS) is 10.7. The van der Waals surface area contributed by atoms with Crippen molar-refractivity contribution in [3.8, 4) is 0 Å². The van der Waals surface area contributed by atoms with Crippen molar-refractivity contribution in [2.45, 2.75) is 26.4 Å². The van der Waals surface area contributed by atoms with Gasteiger partial charge in [-0.2, -0.15) is 0 Å². The second-order valence-corrected chi connectivity index (χ2v) is 4.97. The van der Waals surface area contributed by atoms with E-state index >= 15 is 0 Å². The first kappa shape index (κ1) is 17.3. The number of carbonyl (C=O) groups excluding carboxylic acids is 1. The van der Waals surface area contributed by atoms with Crippen molar-refractivity contribution in [2.24, 2.45) is 5.11 Å². The fraction of sp³-hybridized carbons (Fsp3) is 0.750. The molecule has 0 aromatic heterocycles. The smallest absolute Gasteiger partial charge is 0.407 e. The Morgan fingerprint density at radius 2 is 2.21 bits per heavy atom. The molecule has 0 bridgehead atoms. The average Bonchev–Trinajstić information content (AvgIpc) is 2.27. The van der Waals surface area contributed by atoms with Gasteiger partial charge in [-0.1, -0.05) is 11.2 Å². The number of ether oxygens (including phenoxy) is 1. The number of alkyl carbamates (subject to hydrolysis) is 1. The Morgan fingerprint density at radius 3 is 2.74 bits per heavy atom. The van der Waals surface area contributed by atoms with Gasteiger partial charge in [-0.25, -0.2) is 4.79 Å². The third-order valence-corrected chi connectivity index (χ3v) is 2.06. The van der Waals surface area contributed by atoms with Crippen LogP contribution in [0.25, 0.3) is 10.4 Å². The van der Waals surface area contributed by atoms with E-state index in [2.05, 4.69) is 21.9 Å². The molecule has 1 amide bonds. The van der Waals surface area contributed by atoms with Gasteiger partial charge in [0.25, 0.3) is 0 Å². The molecule has 7 nitrogen and oxygen atoms in total. The van der Waals surface area contributed by atoms with Crippen LogP contribution in [0.2, 0.25) is 0 Å². The molecule has 0 fully saturated rings. The molecular weight excluding hydrogens is 246 g/mol. The molecule has 19 heavy (non-hydrogen) atoms. The van der Waals surface area contributed by atoms with Crippen LogP contribution in [0.4, 0.5) is 4.79 Å². The number of amides is 1. The Hall–Kier alpha value is -1.72. The Morgan fingerprint density at radius 1 is 1.53 bits per heavy atom. The number of azide groups is 1. The van der Waals surface area contributed by atoms with E-state index in [0.29, 0.717) is 32.7 Å². The molecule has 108 valence electrons. The molecule has 0 spiro atoms. The molecule has 0 atom stereocenters. The van der Waals surface area contributed by atoms with Gasteiger partial charge in [-0.3, -0.25) is 4.90 Å². The largest absolute Gasteiger partial charge is 0.444 e. The minimum atomic E-state index is -0.494. The van der Waals surface area contributed by atoms with Crippen molar-refractivity contribution in [1.29, 1.82) is 0 Å². The summed E-state index contributed by atoms with van der Waals surface area (Å²) in [5.74, 6) is 0. The van der Waals surface area contributed by atoms with E-state index in [1.807, 2.05) is 25.7 Å². The minimum absolute atomic E-state index is 0.400. The molecule has 0 rings (SSSR count). The Labute approximate surface area is 114 Å². The van der Waals surface area contributed by atoms with E-state index in [4.69, 9.17) is 10.3 Å². The van der Waals surface area contributed by atoms with E-state index in [-0.39, 0.29) is 0 Å². The molecular formula is C12H23N5O2. The zero-order valence-corrected chi connectivity index (χ0v) is 11.9. The molecule has 0 heterocycles. The van der Waals surface area contributed by atoms with Crippen LogP contribution >= 0.6 is 0 Å². The topological polar surface area (TPSA) is 90.3 Å². The summed E-state index contributed by atoms with van der Waals surface area (Å²) in [5, 5.41) is 6.16. The van der Waals surface area contributed by atoms with Gasteiger partial charge >= 0.3 is 6.09 Å². The Balaban J connectivity index is 3.94. The molecule has 1 N–H and O–H groups in total. The molecule has 0 aliphatic heterocycles. The highest BCUT2D eigenvalue weighted by Gasteiger charge is 2.15. The monoisotopic (exact) mass is 269 g/mol. The van der Waals surface area contributed by atoms with Crippen LogP contribution in [0.3, 0.4) is 0 Å². The van der Waals surface area contributed by atoms with Gasteiger partial charge in [0.15, 0.2) is 0 Å². The molecule has 0 aromatic carbocycles. The Kier molecular flexibility index (Phi) is 8.41. The summed E-state index contributed by atoms with van der Waals surface area (Å²) in [6.07, 6.45) is 1.34. The maximum absolute atomic E-state index is 11.4. The second kappa shape index (κ2) is 9.24. The lowest BCUT2D eigenvalue weighted by molar-refractivity contribution is 0.0523. The highest BCUT2D eigenvalue weighted by atomic mass is 16.6. The standard InChI is InChI=1S/C12H23N5O2/c1-5-8-17(10-7-15-16-13)9-6-14-11(18)19-12(2,3)4/h5H,1,6-10H2,2-4H3,(H,14,18). The molecule has 0 aliphatic rings. The zero-order valence-electron chi connectivity index (χ0n) is 11.9. The molecule has 0 aliphatic carbocycles. The number of nitrogens with zero attached hydrogens (tertiary/aromatic N) is 4. The highest BCUT2D eigenvalue weighted by molar-refractivity contribution is 5.67. The summed E-state index contributed by atoms with van der Waals surface area (Å²) in [7, 11) is 0. The lowest BCUT2D eigenvalue weighted by atomic mass is 10.2. The van der Waals surface area contributed by atoms with Gasteiger partial charge in [0.1, 0.15) is 5.60 Å².